The highest BCUT2D eigenvalue weighted by Gasteiger charge is 2.06. The molecule has 0 atom stereocenters. The lowest BCUT2D eigenvalue weighted by Gasteiger charge is -2.11. The molecule has 0 aliphatic carbocycles. The van der Waals surface area contributed by atoms with Gasteiger partial charge in [0.05, 0.1) is 11.7 Å². The fourth-order valence-corrected chi connectivity index (χ4v) is 1.77. The van der Waals surface area contributed by atoms with Gasteiger partial charge in [-0.15, -0.1) is 6.42 Å². The van der Waals surface area contributed by atoms with Crippen LogP contribution in [-0.4, -0.2) is 6.10 Å². The van der Waals surface area contributed by atoms with Gasteiger partial charge in [-0.25, -0.2) is 4.39 Å². The minimum atomic E-state index is -0.363. The molecule has 2 rings (SSSR count). The molecule has 2 heteroatoms. The van der Waals surface area contributed by atoms with Crippen molar-refractivity contribution in [2.45, 2.75) is 20.0 Å². The normalized spacial score (nSPS) is 10.5. The Kier molecular flexibility index (Phi) is 3.01. The van der Waals surface area contributed by atoms with E-state index in [2.05, 4.69) is 5.92 Å². The molecule has 0 unspecified atom stereocenters. The highest BCUT2D eigenvalue weighted by atomic mass is 19.1. The molecule has 0 spiro atoms. The fraction of sp³-hybridized carbons (Fsp3) is 0.200. The maximum atomic E-state index is 13.5. The third-order valence-electron chi connectivity index (χ3n) is 2.46. The van der Waals surface area contributed by atoms with Gasteiger partial charge in [-0.1, -0.05) is 12.0 Å². The van der Waals surface area contributed by atoms with E-state index < -0.39 is 0 Å². The summed E-state index contributed by atoms with van der Waals surface area (Å²) in [5.74, 6) is 2.79. The minimum absolute atomic E-state index is 0.111. The first kappa shape index (κ1) is 11.5. The average Bonchev–Trinajstić information content (AvgIpc) is 2.28. The Morgan fingerprint density at radius 2 is 2.00 bits per heavy atom. The number of terminal acetylenes is 1. The molecule has 1 nitrogen and oxygen atoms in total. The van der Waals surface area contributed by atoms with Crippen molar-refractivity contribution in [3.63, 3.8) is 0 Å². The molecule has 0 aromatic heterocycles. The zero-order valence-corrected chi connectivity index (χ0v) is 9.83. The topological polar surface area (TPSA) is 9.23 Å². The Hall–Kier alpha value is -2.01. The predicted octanol–water partition coefficient (Wildman–Crippen LogP) is 3.75. The molecule has 17 heavy (non-hydrogen) atoms. The number of benzene rings is 2. The number of fused-ring (bicyclic) bond motifs is 1. The molecule has 0 amide bonds. The molecule has 0 heterocycles. The third kappa shape index (κ3) is 2.24. The fourth-order valence-electron chi connectivity index (χ4n) is 1.77. The second-order valence-corrected chi connectivity index (χ2v) is 4.12. The summed E-state index contributed by atoms with van der Waals surface area (Å²) in [6.45, 7) is 3.92. The van der Waals surface area contributed by atoms with E-state index in [-0.39, 0.29) is 11.9 Å². The van der Waals surface area contributed by atoms with E-state index in [1.165, 1.54) is 6.07 Å². The summed E-state index contributed by atoms with van der Waals surface area (Å²) in [6.07, 6.45) is 5.43. The number of halogens is 1. The number of hydrogen-bond donors (Lipinski definition) is 0. The van der Waals surface area contributed by atoms with E-state index in [0.717, 1.165) is 16.5 Å². The Morgan fingerprint density at radius 3 is 2.65 bits per heavy atom. The highest BCUT2D eigenvalue weighted by molar-refractivity contribution is 5.89. The van der Waals surface area contributed by atoms with E-state index in [1.54, 1.807) is 12.1 Å². The quantitative estimate of drug-likeness (QED) is 0.711. The number of ether oxygens (including phenoxy) is 1. The van der Waals surface area contributed by atoms with Crippen LogP contribution in [0.15, 0.2) is 30.3 Å². The van der Waals surface area contributed by atoms with Crippen LogP contribution in [0.4, 0.5) is 4.39 Å². The Morgan fingerprint density at radius 1 is 1.24 bits per heavy atom. The van der Waals surface area contributed by atoms with Crippen molar-refractivity contribution < 1.29 is 9.13 Å². The van der Waals surface area contributed by atoms with Crippen LogP contribution in [0.3, 0.4) is 0 Å². The van der Waals surface area contributed by atoms with E-state index in [9.17, 15) is 4.39 Å². The SMILES string of the molecule is C#Cc1c(F)ccc2cc(OC(C)C)ccc12. The van der Waals surface area contributed by atoms with Gasteiger partial charge in [0.15, 0.2) is 0 Å². The van der Waals surface area contributed by atoms with Crippen LogP contribution in [0, 0.1) is 18.2 Å². The first-order valence-electron chi connectivity index (χ1n) is 5.47. The molecule has 0 N–H and O–H groups in total. The molecular weight excluding hydrogens is 215 g/mol. The van der Waals surface area contributed by atoms with Gasteiger partial charge in [0.25, 0.3) is 0 Å². The standard InChI is InChI=1S/C15H13FO/c1-4-13-14-7-6-12(17-10(2)3)9-11(14)5-8-15(13)16/h1,5-10H,2-3H3. The lowest BCUT2D eigenvalue weighted by Crippen LogP contribution is -2.05. The lowest BCUT2D eigenvalue weighted by molar-refractivity contribution is 0.243. The molecule has 0 fully saturated rings. The Labute approximate surface area is 100 Å². The van der Waals surface area contributed by atoms with E-state index >= 15 is 0 Å². The van der Waals surface area contributed by atoms with Crippen LogP contribution in [0.2, 0.25) is 0 Å². The third-order valence-corrected chi connectivity index (χ3v) is 2.46. The van der Waals surface area contributed by atoms with Crippen molar-refractivity contribution in [3.8, 4) is 18.1 Å². The molecule has 0 radical (unpaired) electrons. The summed E-state index contributed by atoms with van der Waals surface area (Å²) in [6, 6.07) is 8.57. The van der Waals surface area contributed by atoms with Gasteiger partial charge in [-0.05, 0) is 43.5 Å². The first-order chi connectivity index (χ1) is 8.11. The van der Waals surface area contributed by atoms with E-state index in [1.807, 2.05) is 26.0 Å². The van der Waals surface area contributed by atoms with Crippen LogP contribution in [0.25, 0.3) is 10.8 Å². The summed E-state index contributed by atoms with van der Waals surface area (Å²) in [5, 5.41) is 1.63. The van der Waals surface area contributed by atoms with E-state index in [4.69, 9.17) is 11.2 Å². The van der Waals surface area contributed by atoms with Gasteiger partial charge in [0.1, 0.15) is 11.6 Å². The van der Waals surface area contributed by atoms with Crippen molar-refractivity contribution >= 4 is 10.8 Å². The van der Waals surface area contributed by atoms with Gasteiger partial charge in [0, 0.05) is 5.39 Å². The van der Waals surface area contributed by atoms with Crippen LogP contribution in [0.1, 0.15) is 19.4 Å². The molecule has 2 aromatic carbocycles. The molecule has 0 bridgehead atoms. The van der Waals surface area contributed by atoms with Crippen molar-refractivity contribution in [1.29, 1.82) is 0 Å². The number of rotatable bonds is 2. The van der Waals surface area contributed by atoms with Gasteiger partial charge < -0.3 is 4.74 Å². The lowest BCUT2D eigenvalue weighted by atomic mass is 10.0. The highest BCUT2D eigenvalue weighted by Crippen LogP contribution is 2.25. The van der Waals surface area contributed by atoms with Crippen molar-refractivity contribution in [2.75, 3.05) is 0 Å². The Balaban J connectivity index is 2.58. The monoisotopic (exact) mass is 228 g/mol. The molecule has 0 saturated carbocycles. The second kappa shape index (κ2) is 4.47. The van der Waals surface area contributed by atoms with Crippen LogP contribution in [-0.2, 0) is 0 Å². The van der Waals surface area contributed by atoms with Crippen LogP contribution >= 0.6 is 0 Å². The molecule has 86 valence electrons. The maximum Gasteiger partial charge on any atom is 0.139 e. The minimum Gasteiger partial charge on any atom is -0.491 e. The summed E-state index contributed by atoms with van der Waals surface area (Å²) >= 11 is 0. The van der Waals surface area contributed by atoms with Gasteiger partial charge >= 0.3 is 0 Å². The van der Waals surface area contributed by atoms with Crippen molar-refractivity contribution in [2.24, 2.45) is 0 Å². The van der Waals surface area contributed by atoms with Crippen LogP contribution in [0.5, 0.6) is 5.75 Å². The van der Waals surface area contributed by atoms with Gasteiger partial charge in [-0.2, -0.15) is 0 Å². The molecule has 0 saturated heterocycles. The molecule has 0 aliphatic rings. The molecule has 0 aliphatic heterocycles. The Bertz CT molecular complexity index is 594. The van der Waals surface area contributed by atoms with Crippen molar-refractivity contribution in [3.05, 3.63) is 41.7 Å². The summed E-state index contributed by atoms with van der Waals surface area (Å²) in [4.78, 5) is 0. The summed E-state index contributed by atoms with van der Waals surface area (Å²) < 4.78 is 19.0. The van der Waals surface area contributed by atoms with Crippen LogP contribution < -0.4 is 4.74 Å². The largest absolute Gasteiger partial charge is 0.491 e. The summed E-state index contributed by atoms with van der Waals surface area (Å²) in [5.41, 5.74) is 0.304. The first-order valence-corrected chi connectivity index (χ1v) is 5.47. The molecule has 2 aromatic rings. The van der Waals surface area contributed by atoms with Gasteiger partial charge in [0.2, 0.25) is 0 Å². The second-order valence-electron chi connectivity index (χ2n) is 4.12. The maximum absolute atomic E-state index is 13.5. The zero-order chi connectivity index (χ0) is 12.4. The average molecular weight is 228 g/mol. The molecular formula is C15H13FO. The van der Waals surface area contributed by atoms with E-state index in [0.29, 0.717) is 5.56 Å². The summed E-state index contributed by atoms with van der Waals surface area (Å²) in [7, 11) is 0. The smallest absolute Gasteiger partial charge is 0.139 e. The van der Waals surface area contributed by atoms with Gasteiger partial charge in [-0.3, -0.25) is 0 Å². The number of hydrogen-bond acceptors (Lipinski definition) is 1. The van der Waals surface area contributed by atoms with Crippen molar-refractivity contribution in [1.82, 2.24) is 0 Å². The zero-order valence-electron chi connectivity index (χ0n) is 9.83. The predicted molar refractivity (Wildman–Crippen MR) is 67.6 cm³/mol.